The third-order valence-corrected chi connectivity index (χ3v) is 3.83. The van der Waals surface area contributed by atoms with E-state index >= 15 is 0 Å². The van der Waals surface area contributed by atoms with Crippen LogP contribution in [0.5, 0.6) is 0 Å². The number of carbonyl (C=O) groups is 1. The first-order chi connectivity index (χ1) is 10.5. The van der Waals surface area contributed by atoms with Gasteiger partial charge >= 0.3 is 5.69 Å². The van der Waals surface area contributed by atoms with Crippen molar-refractivity contribution in [3.8, 4) is 11.3 Å². The van der Waals surface area contributed by atoms with E-state index in [0.717, 1.165) is 11.1 Å². The van der Waals surface area contributed by atoms with E-state index in [-0.39, 0.29) is 11.6 Å². The van der Waals surface area contributed by atoms with Crippen molar-refractivity contribution in [1.82, 2.24) is 14.9 Å². The summed E-state index contributed by atoms with van der Waals surface area (Å²) in [4.78, 5) is 32.4. The van der Waals surface area contributed by atoms with Crippen molar-refractivity contribution in [2.45, 2.75) is 27.7 Å². The molecule has 0 unspecified atom stereocenters. The first kappa shape index (κ1) is 15.9. The van der Waals surface area contributed by atoms with Crippen molar-refractivity contribution in [1.29, 1.82) is 0 Å². The standard InChI is InChI=1S/C17H21N3O2/c1-5-20(6-2)16(21)15-10-14(18-17(22)19-15)13-8-7-11(3)12(4)9-13/h7-10H,5-6H2,1-4H3,(H,18,19,22). The number of rotatable bonds is 4. The van der Waals surface area contributed by atoms with Crippen LogP contribution in [0.3, 0.4) is 0 Å². The lowest BCUT2D eigenvalue weighted by atomic mass is 10.0. The fourth-order valence-electron chi connectivity index (χ4n) is 2.30. The van der Waals surface area contributed by atoms with Gasteiger partial charge in [-0.2, -0.15) is 4.98 Å². The zero-order valence-corrected chi connectivity index (χ0v) is 13.4. The van der Waals surface area contributed by atoms with Gasteiger partial charge < -0.3 is 9.88 Å². The van der Waals surface area contributed by atoms with E-state index in [9.17, 15) is 9.59 Å². The number of H-pyrrole nitrogens is 1. The Morgan fingerprint density at radius 3 is 2.41 bits per heavy atom. The van der Waals surface area contributed by atoms with E-state index in [1.165, 1.54) is 5.56 Å². The molecule has 0 saturated carbocycles. The molecule has 5 heteroatoms. The topological polar surface area (TPSA) is 66.1 Å². The van der Waals surface area contributed by atoms with Gasteiger partial charge in [0.05, 0.1) is 5.69 Å². The van der Waals surface area contributed by atoms with Gasteiger partial charge in [0.2, 0.25) is 0 Å². The molecular formula is C17H21N3O2. The molecule has 1 N–H and O–H groups in total. The van der Waals surface area contributed by atoms with E-state index in [2.05, 4.69) is 9.97 Å². The molecule has 0 spiro atoms. The number of aromatic amines is 1. The number of aryl methyl sites for hydroxylation is 2. The van der Waals surface area contributed by atoms with Crippen LogP contribution in [0, 0.1) is 13.8 Å². The van der Waals surface area contributed by atoms with Crippen LogP contribution >= 0.6 is 0 Å². The molecule has 116 valence electrons. The average molecular weight is 299 g/mol. The maximum absolute atomic E-state index is 12.4. The summed E-state index contributed by atoms with van der Waals surface area (Å²) < 4.78 is 0. The molecule has 1 aromatic heterocycles. The summed E-state index contributed by atoms with van der Waals surface area (Å²) in [5, 5.41) is 0. The molecular weight excluding hydrogens is 278 g/mol. The molecule has 1 heterocycles. The Morgan fingerprint density at radius 2 is 1.82 bits per heavy atom. The Labute approximate surface area is 130 Å². The second-order valence-corrected chi connectivity index (χ2v) is 5.26. The Hall–Kier alpha value is -2.43. The highest BCUT2D eigenvalue weighted by Gasteiger charge is 2.15. The molecule has 0 fully saturated rings. The second kappa shape index (κ2) is 6.56. The second-order valence-electron chi connectivity index (χ2n) is 5.26. The summed E-state index contributed by atoms with van der Waals surface area (Å²) in [6.07, 6.45) is 0. The monoisotopic (exact) mass is 299 g/mol. The summed E-state index contributed by atoms with van der Waals surface area (Å²) in [7, 11) is 0. The zero-order chi connectivity index (χ0) is 16.3. The van der Waals surface area contributed by atoms with Crippen LogP contribution in [0.4, 0.5) is 0 Å². The van der Waals surface area contributed by atoms with Crippen molar-refractivity contribution >= 4 is 5.91 Å². The van der Waals surface area contributed by atoms with E-state index in [1.54, 1.807) is 11.0 Å². The van der Waals surface area contributed by atoms with Crippen molar-refractivity contribution in [2.75, 3.05) is 13.1 Å². The van der Waals surface area contributed by atoms with Crippen LogP contribution in [0.2, 0.25) is 0 Å². The van der Waals surface area contributed by atoms with Crippen LogP contribution in [0.1, 0.15) is 35.5 Å². The predicted molar refractivity (Wildman–Crippen MR) is 87.0 cm³/mol. The Bertz CT molecular complexity index is 746. The summed E-state index contributed by atoms with van der Waals surface area (Å²) >= 11 is 0. The molecule has 0 aliphatic carbocycles. The largest absolute Gasteiger partial charge is 0.346 e. The Kier molecular flexibility index (Phi) is 4.75. The summed E-state index contributed by atoms with van der Waals surface area (Å²) in [5.41, 5.74) is 3.41. The molecule has 2 rings (SSSR count). The van der Waals surface area contributed by atoms with Gasteiger partial charge in [0.15, 0.2) is 0 Å². The molecule has 22 heavy (non-hydrogen) atoms. The van der Waals surface area contributed by atoms with Gasteiger partial charge in [-0.05, 0) is 51.0 Å². The van der Waals surface area contributed by atoms with Crippen LogP contribution in [0.25, 0.3) is 11.3 Å². The fraction of sp³-hybridized carbons (Fsp3) is 0.353. The predicted octanol–water partition coefficient (Wildman–Crippen LogP) is 2.54. The third kappa shape index (κ3) is 3.24. The molecule has 1 aromatic carbocycles. The van der Waals surface area contributed by atoms with Gasteiger partial charge in [-0.25, -0.2) is 4.79 Å². The minimum Gasteiger partial charge on any atom is -0.338 e. The summed E-state index contributed by atoms with van der Waals surface area (Å²) in [5.74, 6) is -0.186. The van der Waals surface area contributed by atoms with Crippen molar-refractivity contribution in [2.24, 2.45) is 0 Å². The number of hydrogen-bond acceptors (Lipinski definition) is 3. The van der Waals surface area contributed by atoms with Crippen LogP contribution in [0.15, 0.2) is 29.1 Å². The van der Waals surface area contributed by atoms with Crippen molar-refractivity contribution < 1.29 is 4.79 Å². The number of hydrogen-bond donors (Lipinski definition) is 1. The molecule has 0 aliphatic rings. The highest BCUT2D eigenvalue weighted by molar-refractivity contribution is 5.93. The van der Waals surface area contributed by atoms with Gasteiger partial charge in [-0.15, -0.1) is 0 Å². The van der Waals surface area contributed by atoms with Gasteiger partial charge in [-0.3, -0.25) is 4.79 Å². The maximum Gasteiger partial charge on any atom is 0.346 e. The molecule has 0 radical (unpaired) electrons. The van der Waals surface area contributed by atoms with Crippen LogP contribution in [-0.4, -0.2) is 33.9 Å². The smallest absolute Gasteiger partial charge is 0.338 e. The highest BCUT2D eigenvalue weighted by atomic mass is 16.2. The number of amides is 1. The number of aromatic nitrogens is 2. The molecule has 0 aliphatic heterocycles. The zero-order valence-electron chi connectivity index (χ0n) is 13.4. The minimum atomic E-state index is -0.508. The summed E-state index contributed by atoms with van der Waals surface area (Å²) in [6.45, 7) is 9.04. The lowest BCUT2D eigenvalue weighted by Crippen LogP contribution is -2.32. The molecule has 1 amide bonds. The highest BCUT2D eigenvalue weighted by Crippen LogP contribution is 2.20. The normalized spacial score (nSPS) is 10.5. The Balaban J connectivity index is 2.48. The number of carbonyl (C=O) groups excluding carboxylic acids is 1. The molecule has 2 aromatic rings. The molecule has 0 atom stereocenters. The summed E-state index contributed by atoms with van der Waals surface area (Å²) in [6, 6.07) is 7.52. The number of nitrogens with one attached hydrogen (secondary N) is 1. The van der Waals surface area contributed by atoms with E-state index in [0.29, 0.717) is 18.8 Å². The molecule has 0 saturated heterocycles. The lowest BCUT2D eigenvalue weighted by molar-refractivity contribution is 0.0766. The SMILES string of the molecule is CCN(CC)C(=O)c1cc(-c2ccc(C)c(C)c2)nc(=O)[nH]1. The fourth-order valence-corrected chi connectivity index (χ4v) is 2.30. The van der Waals surface area contributed by atoms with Crippen LogP contribution in [-0.2, 0) is 0 Å². The van der Waals surface area contributed by atoms with Gasteiger partial charge in [0.25, 0.3) is 5.91 Å². The first-order valence-electron chi connectivity index (χ1n) is 7.44. The Morgan fingerprint density at radius 1 is 1.14 bits per heavy atom. The minimum absolute atomic E-state index is 0.186. The number of benzene rings is 1. The van der Waals surface area contributed by atoms with E-state index in [4.69, 9.17) is 0 Å². The first-order valence-corrected chi connectivity index (χ1v) is 7.44. The lowest BCUT2D eigenvalue weighted by Gasteiger charge is -2.18. The maximum atomic E-state index is 12.4. The molecule has 5 nitrogen and oxygen atoms in total. The van der Waals surface area contributed by atoms with Crippen molar-refractivity contribution in [3.63, 3.8) is 0 Å². The quantitative estimate of drug-likeness (QED) is 0.943. The van der Waals surface area contributed by atoms with E-state index < -0.39 is 5.69 Å². The third-order valence-electron chi connectivity index (χ3n) is 3.83. The van der Waals surface area contributed by atoms with E-state index in [1.807, 2.05) is 45.9 Å². The molecule has 0 bridgehead atoms. The number of nitrogens with zero attached hydrogens (tertiary/aromatic N) is 2. The average Bonchev–Trinajstić information content (AvgIpc) is 2.50. The van der Waals surface area contributed by atoms with Gasteiger partial charge in [0, 0.05) is 18.7 Å². The van der Waals surface area contributed by atoms with Gasteiger partial charge in [0.1, 0.15) is 5.69 Å². The van der Waals surface area contributed by atoms with Gasteiger partial charge in [-0.1, -0.05) is 12.1 Å². The van der Waals surface area contributed by atoms with Crippen LogP contribution < -0.4 is 5.69 Å². The van der Waals surface area contributed by atoms with Crippen molar-refractivity contribution in [3.05, 3.63) is 51.6 Å².